The molecule has 2 rings (SSSR count). The minimum absolute atomic E-state index is 0.499. The van der Waals surface area contributed by atoms with Crippen LogP contribution in [-0.4, -0.2) is 10.1 Å². The number of aliphatic hydroxyl groups is 1. The Balaban J connectivity index is 2.23. The highest BCUT2D eigenvalue weighted by Gasteiger charge is 2.05. The van der Waals surface area contributed by atoms with Gasteiger partial charge in [0.1, 0.15) is 5.03 Å². The van der Waals surface area contributed by atoms with E-state index in [4.69, 9.17) is 23.2 Å². The maximum atomic E-state index is 9.52. The van der Waals surface area contributed by atoms with Crippen molar-refractivity contribution in [1.82, 2.24) is 4.98 Å². The largest absolute Gasteiger partial charge is 0.389 e. The first-order valence-electron chi connectivity index (χ1n) is 5.33. The number of hydrogen-bond donors (Lipinski definition) is 1. The Hall–Kier alpha value is -0.740. The van der Waals surface area contributed by atoms with Gasteiger partial charge in [-0.2, -0.15) is 0 Å². The molecule has 18 heavy (non-hydrogen) atoms. The van der Waals surface area contributed by atoms with Crippen molar-refractivity contribution in [2.45, 2.75) is 22.9 Å². The molecule has 1 heterocycles. The van der Waals surface area contributed by atoms with Gasteiger partial charge >= 0.3 is 0 Å². The Morgan fingerprint density at radius 2 is 1.94 bits per heavy atom. The maximum absolute atomic E-state index is 9.52. The van der Waals surface area contributed by atoms with Crippen LogP contribution in [0, 0.1) is 0 Å². The molecular formula is C13H11Cl2NOS. The van der Waals surface area contributed by atoms with Gasteiger partial charge in [0.05, 0.1) is 16.1 Å². The molecule has 0 spiro atoms. The summed E-state index contributed by atoms with van der Waals surface area (Å²) in [7, 11) is 0. The molecule has 1 N–H and O–H groups in total. The molecule has 0 aliphatic heterocycles. The van der Waals surface area contributed by atoms with Gasteiger partial charge in [0, 0.05) is 11.1 Å². The average Bonchev–Trinajstić information content (AvgIpc) is 2.34. The van der Waals surface area contributed by atoms with Gasteiger partial charge in [0.15, 0.2) is 0 Å². The highest BCUT2D eigenvalue weighted by atomic mass is 35.5. The lowest BCUT2D eigenvalue weighted by Crippen LogP contribution is -1.92. The third kappa shape index (κ3) is 3.39. The topological polar surface area (TPSA) is 33.1 Å². The molecule has 0 saturated heterocycles. The zero-order valence-electron chi connectivity index (χ0n) is 9.60. The molecule has 0 amide bonds. The summed E-state index contributed by atoms with van der Waals surface area (Å²) in [5.74, 6) is 0. The first kappa shape index (κ1) is 13.7. The number of pyridine rings is 1. The Labute approximate surface area is 120 Å². The molecule has 1 atom stereocenters. The van der Waals surface area contributed by atoms with Gasteiger partial charge in [-0.15, -0.1) is 0 Å². The predicted octanol–water partition coefficient (Wildman–Crippen LogP) is 4.59. The lowest BCUT2D eigenvalue weighted by Gasteiger charge is -2.07. The van der Waals surface area contributed by atoms with Crippen LogP contribution < -0.4 is 0 Å². The average molecular weight is 300 g/mol. The van der Waals surface area contributed by atoms with Crippen molar-refractivity contribution < 1.29 is 5.11 Å². The van der Waals surface area contributed by atoms with E-state index in [9.17, 15) is 5.11 Å². The molecule has 1 aromatic heterocycles. The number of benzene rings is 1. The van der Waals surface area contributed by atoms with Gasteiger partial charge in [-0.1, -0.05) is 35.0 Å². The van der Waals surface area contributed by atoms with E-state index in [1.807, 2.05) is 12.1 Å². The highest BCUT2D eigenvalue weighted by Crippen LogP contribution is 2.32. The van der Waals surface area contributed by atoms with Crippen molar-refractivity contribution >= 4 is 35.0 Å². The first-order chi connectivity index (χ1) is 8.56. The standard InChI is InChI=1S/C13H11Cl2NOS/c1-8(17)9-4-5-16-13(6-9)18-10-2-3-11(14)12(15)7-10/h2-8,17H,1H3. The quantitative estimate of drug-likeness (QED) is 0.899. The van der Waals surface area contributed by atoms with Crippen molar-refractivity contribution in [2.24, 2.45) is 0 Å². The number of nitrogens with zero attached hydrogens (tertiary/aromatic N) is 1. The summed E-state index contributed by atoms with van der Waals surface area (Å²) in [5.41, 5.74) is 0.840. The second kappa shape index (κ2) is 5.93. The van der Waals surface area contributed by atoms with Crippen LogP contribution in [0.3, 0.4) is 0 Å². The van der Waals surface area contributed by atoms with Crippen LogP contribution in [0.1, 0.15) is 18.6 Å². The molecule has 2 aromatic rings. The molecule has 0 bridgehead atoms. The minimum Gasteiger partial charge on any atom is -0.389 e. The smallest absolute Gasteiger partial charge is 0.101 e. The second-order valence-corrected chi connectivity index (χ2v) is 5.69. The van der Waals surface area contributed by atoms with Crippen LogP contribution in [0.4, 0.5) is 0 Å². The van der Waals surface area contributed by atoms with Crippen LogP contribution in [0.25, 0.3) is 0 Å². The van der Waals surface area contributed by atoms with Crippen molar-refractivity contribution in [2.75, 3.05) is 0 Å². The molecule has 1 aromatic carbocycles. The van der Waals surface area contributed by atoms with E-state index >= 15 is 0 Å². The van der Waals surface area contributed by atoms with Gasteiger partial charge in [-0.05, 0) is 42.8 Å². The fourth-order valence-corrected chi connectivity index (χ4v) is 2.63. The summed E-state index contributed by atoms with van der Waals surface area (Å²) in [6.45, 7) is 1.73. The van der Waals surface area contributed by atoms with Gasteiger partial charge in [-0.3, -0.25) is 0 Å². The summed E-state index contributed by atoms with van der Waals surface area (Å²) in [5, 5.41) is 11.4. The molecule has 5 heteroatoms. The second-order valence-electron chi connectivity index (χ2n) is 3.78. The minimum atomic E-state index is -0.499. The van der Waals surface area contributed by atoms with E-state index < -0.39 is 6.10 Å². The summed E-state index contributed by atoms with van der Waals surface area (Å²) >= 11 is 13.3. The third-order valence-electron chi connectivity index (χ3n) is 2.35. The van der Waals surface area contributed by atoms with E-state index in [2.05, 4.69) is 4.98 Å². The number of halogens is 2. The molecule has 0 aliphatic rings. The van der Waals surface area contributed by atoms with Gasteiger partial charge in [-0.25, -0.2) is 4.98 Å². The molecular weight excluding hydrogens is 289 g/mol. The number of hydrogen-bond acceptors (Lipinski definition) is 3. The summed E-state index contributed by atoms with van der Waals surface area (Å²) < 4.78 is 0. The van der Waals surface area contributed by atoms with Crippen LogP contribution in [0.2, 0.25) is 10.0 Å². The van der Waals surface area contributed by atoms with E-state index in [0.29, 0.717) is 10.0 Å². The maximum Gasteiger partial charge on any atom is 0.101 e. The van der Waals surface area contributed by atoms with E-state index in [0.717, 1.165) is 15.5 Å². The normalized spacial score (nSPS) is 12.4. The summed E-state index contributed by atoms with van der Waals surface area (Å²) in [4.78, 5) is 5.20. The lowest BCUT2D eigenvalue weighted by atomic mass is 10.2. The fraction of sp³-hybridized carbons (Fsp3) is 0.154. The number of aliphatic hydroxyl groups excluding tert-OH is 1. The van der Waals surface area contributed by atoms with Crippen molar-refractivity contribution in [3.8, 4) is 0 Å². The Morgan fingerprint density at radius 3 is 2.61 bits per heavy atom. The molecule has 0 aliphatic carbocycles. The number of aromatic nitrogens is 1. The first-order valence-corrected chi connectivity index (χ1v) is 6.90. The van der Waals surface area contributed by atoms with Crippen LogP contribution in [0.15, 0.2) is 46.5 Å². The Morgan fingerprint density at radius 1 is 1.17 bits per heavy atom. The van der Waals surface area contributed by atoms with Crippen LogP contribution in [0.5, 0.6) is 0 Å². The molecule has 2 nitrogen and oxygen atoms in total. The summed E-state index contributed by atoms with van der Waals surface area (Å²) in [6, 6.07) is 9.09. The zero-order valence-corrected chi connectivity index (χ0v) is 11.9. The number of rotatable bonds is 3. The van der Waals surface area contributed by atoms with Crippen molar-refractivity contribution in [3.63, 3.8) is 0 Å². The Bertz CT molecular complexity index is 560. The molecule has 0 saturated carbocycles. The van der Waals surface area contributed by atoms with E-state index in [-0.39, 0.29) is 0 Å². The lowest BCUT2D eigenvalue weighted by molar-refractivity contribution is 0.199. The summed E-state index contributed by atoms with van der Waals surface area (Å²) in [6.07, 6.45) is 1.18. The van der Waals surface area contributed by atoms with Crippen molar-refractivity contribution in [1.29, 1.82) is 0 Å². The monoisotopic (exact) mass is 299 g/mol. The Kier molecular flexibility index (Phi) is 4.51. The van der Waals surface area contributed by atoms with Crippen LogP contribution >= 0.6 is 35.0 Å². The van der Waals surface area contributed by atoms with Crippen LogP contribution in [-0.2, 0) is 0 Å². The molecule has 0 radical (unpaired) electrons. The van der Waals surface area contributed by atoms with Gasteiger partial charge < -0.3 is 5.11 Å². The molecule has 0 fully saturated rings. The van der Waals surface area contributed by atoms with Crippen molar-refractivity contribution in [3.05, 3.63) is 52.1 Å². The van der Waals surface area contributed by atoms with Gasteiger partial charge in [0.25, 0.3) is 0 Å². The molecule has 1 unspecified atom stereocenters. The molecule has 94 valence electrons. The zero-order chi connectivity index (χ0) is 13.1. The predicted molar refractivity (Wildman–Crippen MR) is 75.5 cm³/mol. The van der Waals surface area contributed by atoms with Gasteiger partial charge in [0.2, 0.25) is 0 Å². The van der Waals surface area contributed by atoms with E-state index in [1.54, 1.807) is 31.3 Å². The SMILES string of the molecule is CC(O)c1ccnc(Sc2ccc(Cl)c(Cl)c2)c1. The third-order valence-corrected chi connectivity index (χ3v) is 4.02. The highest BCUT2D eigenvalue weighted by molar-refractivity contribution is 7.99. The van der Waals surface area contributed by atoms with E-state index in [1.165, 1.54) is 11.8 Å². The fourth-order valence-electron chi connectivity index (χ4n) is 1.40.